The summed E-state index contributed by atoms with van der Waals surface area (Å²) in [4.78, 5) is 17.9. The van der Waals surface area contributed by atoms with Crippen molar-refractivity contribution < 1.29 is 0 Å². The molecule has 0 bridgehead atoms. The first-order chi connectivity index (χ1) is 12.9. The first-order valence-electron chi connectivity index (χ1n) is 8.66. The predicted molar refractivity (Wildman–Crippen MR) is 105 cm³/mol. The number of nitrogens with one attached hydrogen (secondary N) is 1. The third-order valence-corrected chi connectivity index (χ3v) is 4.28. The molecule has 9 heteroatoms. The van der Waals surface area contributed by atoms with E-state index in [1.54, 1.807) is 36.4 Å². The molecule has 9 nitrogen and oxygen atoms in total. The van der Waals surface area contributed by atoms with Gasteiger partial charge in [-0.05, 0) is 26.8 Å². The second-order valence-electron chi connectivity index (χ2n) is 6.67. The van der Waals surface area contributed by atoms with Crippen molar-refractivity contribution in [3.8, 4) is 11.4 Å². The Kier molecular flexibility index (Phi) is 3.98. The molecule has 0 radical (unpaired) electrons. The smallest absolute Gasteiger partial charge is 0.166 e. The summed E-state index contributed by atoms with van der Waals surface area (Å²) >= 11 is 0. The summed E-state index contributed by atoms with van der Waals surface area (Å²) in [6, 6.07) is 4.08. The molecule has 0 aromatic carbocycles. The molecule has 0 aliphatic rings. The van der Waals surface area contributed by atoms with Gasteiger partial charge in [0.2, 0.25) is 0 Å². The number of anilines is 3. The summed E-state index contributed by atoms with van der Waals surface area (Å²) in [5.41, 5.74) is 8.53. The molecule has 0 aliphatic carbocycles. The number of nitrogen functional groups attached to an aromatic ring is 1. The standard InChI is InChI=1S/C18H21N9/c1-10(2)27-11(3)22-13-8-21-16(7-14(13)27)23-15-5-6-20-18(24-15)12-9-26(4)25-17(12)19/h5-10H,1-4H3,(H2,19,25)(H,20,21,23,24). The molecule has 4 aromatic heterocycles. The van der Waals surface area contributed by atoms with Crippen LogP contribution in [0.25, 0.3) is 22.4 Å². The molecular weight excluding hydrogens is 342 g/mol. The fraction of sp³-hybridized carbons (Fsp3) is 0.278. The first kappa shape index (κ1) is 17.0. The predicted octanol–water partition coefficient (Wildman–Crippen LogP) is 2.84. The molecule has 4 aromatic rings. The van der Waals surface area contributed by atoms with Crippen LogP contribution in [0.2, 0.25) is 0 Å². The molecule has 27 heavy (non-hydrogen) atoms. The average Bonchev–Trinajstić information content (AvgIpc) is 3.12. The van der Waals surface area contributed by atoms with E-state index in [2.05, 4.69) is 48.8 Å². The Bertz CT molecular complexity index is 1120. The molecular formula is C18H21N9. The molecule has 0 saturated carbocycles. The summed E-state index contributed by atoms with van der Waals surface area (Å²) in [7, 11) is 1.81. The number of imidazole rings is 1. The highest BCUT2D eigenvalue weighted by atomic mass is 15.3. The Balaban J connectivity index is 1.69. The fourth-order valence-electron chi connectivity index (χ4n) is 3.21. The van der Waals surface area contributed by atoms with Gasteiger partial charge >= 0.3 is 0 Å². The van der Waals surface area contributed by atoms with Crippen LogP contribution in [0.1, 0.15) is 25.7 Å². The van der Waals surface area contributed by atoms with Crippen molar-refractivity contribution in [3.05, 3.63) is 36.5 Å². The minimum atomic E-state index is 0.310. The molecule has 0 spiro atoms. The normalized spacial score (nSPS) is 11.4. The van der Waals surface area contributed by atoms with Gasteiger partial charge in [0.05, 0.1) is 17.3 Å². The third kappa shape index (κ3) is 3.07. The summed E-state index contributed by atoms with van der Waals surface area (Å²) in [6.07, 6.45) is 5.24. The molecule has 0 aliphatic heterocycles. The second-order valence-corrected chi connectivity index (χ2v) is 6.67. The lowest BCUT2D eigenvalue weighted by Gasteiger charge is -2.11. The zero-order valence-electron chi connectivity index (χ0n) is 15.7. The van der Waals surface area contributed by atoms with Crippen LogP contribution in [-0.2, 0) is 7.05 Å². The van der Waals surface area contributed by atoms with E-state index in [1.807, 2.05) is 13.0 Å². The average molecular weight is 363 g/mol. The van der Waals surface area contributed by atoms with E-state index in [4.69, 9.17) is 5.73 Å². The van der Waals surface area contributed by atoms with Gasteiger partial charge in [0.1, 0.15) is 23.0 Å². The maximum Gasteiger partial charge on any atom is 0.166 e. The van der Waals surface area contributed by atoms with Gasteiger partial charge in [-0.25, -0.2) is 19.9 Å². The van der Waals surface area contributed by atoms with Crippen molar-refractivity contribution in [1.29, 1.82) is 0 Å². The number of nitrogens with two attached hydrogens (primary N) is 1. The number of hydrogen-bond donors (Lipinski definition) is 2. The zero-order chi connectivity index (χ0) is 19.1. The van der Waals surface area contributed by atoms with E-state index >= 15 is 0 Å². The van der Waals surface area contributed by atoms with Crippen molar-refractivity contribution in [3.63, 3.8) is 0 Å². The van der Waals surface area contributed by atoms with Gasteiger partial charge in [0, 0.05) is 31.5 Å². The van der Waals surface area contributed by atoms with Crippen LogP contribution in [0.15, 0.2) is 30.7 Å². The topological polar surface area (TPSA) is 112 Å². The lowest BCUT2D eigenvalue weighted by Crippen LogP contribution is -2.03. The number of hydrogen-bond acceptors (Lipinski definition) is 7. The largest absolute Gasteiger partial charge is 0.382 e. The zero-order valence-corrected chi connectivity index (χ0v) is 15.7. The number of fused-ring (bicyclic) bond motifs is 1. The summed E-state index contributed by atoms with van der Waals surface area (Å²) < 4.78 is 3.82. The van der Waals surface area contributed by atoms with Crippen LogP contribution in [0.5, 0.6) is 0 Å². The summed E-state index contributed by atoms with van der Waals surface area (Å²) in [6.45, 7) is 6.27. The first-order valence-corrected chi connectivity index (χ1v) is 8.66. The number of rotatable bonds is 4. The molecule has 0 saturated heterocycles. The number of pyridine rings is 1. The van der Waals surface area contributed by atoms with Crippen molar-refractivity contribution >= 4 is 28.5 Å². The Morgan fingerprint density at radius 3 is 2.67 bits per heavy atom. The number of aromatic nitrogens is 7. The lowest BCUT2D eigenvalue weighted by atomic mass is 10.3. The van der Waals surface area contributed by atoms with Crippen LogP contribution < -0.4 is 11.1 Å². The monoisotopic (exact) mass is 363 g/mol. The van der Waals surface area contributed by atoms with Crippen molar-refractivity contribution in [2.75, 3.05) is 11.1 Å². The van der Waals surface area contributed by atoms with Crippen LogP contribution in [0, 0.1) is 6.92 Å². The van der Waals surface area contributed by atoms with Gasteiger partial charge in [-0.2, -0.15) is 5.10 Å². The molecule has 3 N–H and O–H groups in total. The Labute approximate surface area is 156 Å². The van der Waals surface area contributed by atoms with Crippen molar-refractivity contribution in [2.24, 2.45) is 7.05 Å². The Hall–Kier alpha value is -3.49. The second kappa shape index (κ2) is 6.35. The summed E-state index contributed by atoms with van der Waals surface area (Å²) in [5, 5.41) is 7.37. The Morgan fingerprint density at radius 2 is 1.96 bits per heavy atom. The maximum atomic E-state index is 5.93. The highest BCUT2D eigenvalue weighted by molar-refractivity contribution is 5.79. The maximum absolute atomic E-state index is 5.93. The van der Waals surface area contributed by atoms with Gasteiger partial charge in [-0.1, -0.05) is 0 Å². The minimum absolute atomic E-state index is 0.310. The van der Waals surface area contributed by atoms with E-state index in [-0.39, 0.29) is 0 Å². The number of aryl methyl sites for hydroxylation is 2. The van der Waals surface area contributed by atoms with E-state index in [0.29, 0.717) is 34.9 Å². The molecule has 138 valence electrons. The molecule has 0 fully saturated rings. The highest BCUT2D eigenvalue weighted by Crippen LogP contribution is 2.25. The quantitative estimate of drug-likeness (QED) is 0.573. The van der Waals surface area contributed by atoms with Gasteiger partial charge in [-0.15, -0.1) is 0 Å². The third-order valence-electron chi connectivity index (χ3n) is 4.28. The van der Waals surface area contributed by atoms with Crippen molar-refractivity contribution in [1.82, 2.24) is 34.3 Å². The van der Waals surface area contributed by atoms with Crippen LogP contribution in [0.4, 0.5) is 17.5 Å². The lowest BCUT2D eigenvalue weighted by molar-refractivity contribution is 0.600. The molecule has 0 atom stereocenters. The minimum Gasteiger partial charge on any atom is -0.382 e. The van der Waals surface area contributed by atoms with Gasteiger partial charge in [-0.3, -0.25) is 4.68 Å². The fourth-order valence-corrected chi connectivity index (χ4v) is 3.21. The SMILES string of the molecule is Cc1nc2cnc(Nc3ccnc(-c4cn(C)nc4N)n3)cc2n1C(C)C. The van der Waals surface area contributed by atoms with E-state index in [1.165, 1.54) is 0 Å². The van der Waals surface area contributed by atoms with E-state index in [9.17, 15) is 0 Å². The highest BCUT2D eigenvalue weighted by Gasteiger charge is 2.13. The van der Waals surface area contributed by atoms with Gasteiger partial charge in [0.15, 0.2) is 11.6 Å². The molecule has 4 rings (SSSR count). The van der Waals surface area contributed by atoms with Crippen LogP contribution in [0.3, 0.4) is 0 Å². The van der Waals surface area contributed by atoms with Crippen LogP contribution >= 0.6 is 0 Å². The van der Waals surface area contributed by atoms with Gasteiger partial charge in [0.25, 0.3) is 0 Å². The Morgan fingerprint density at radius 1 is 1.15 bits per heavy atom. The van der Waals surface area contributed by atoms with Crippen LogP contribution in [-0.4, -0.2) is 34.3 Å². The van der Waals surface area contributed by atoms with Gasteiger partial charge < -0.3 is 15.6 Å². The molecule has 4 heterocycles. The van der Waals surface area contributed by atoms with E-state index < -0.39 is 0 Å². The summed E-state index contributed by atoms with van der Waals surface area (Å²) in [5.74, 6) is 3.19. The number of nitrogens with zero attached hydrogens (tertiary/aromatic N) is 7. The molecule has 0 amide bonds. The van der Waals surface area contributed by atoms with E-state index in [0.717, 1.165) is 16.9 Å². The molecule has 0 unspecified atom stereocenters. The van der Waals surface area contributed by atoms with Crippen molar-refractivity contribution in [2.45, 2.75) is 26.8 Å².